The normalized spacial score (nSPS) is 18.6. The van der Waals surface area contributed by atoms with E-state index < -0.39 is 0 Å². The Morgan fingerprint density at radius 3 is 3.06 bits per heavy atom. The van der Waals surface area contributed by atoms with Crippen molar-refractivity contribution >= 4 is 40.6 Å². The third-order valence-corrected chi connectivity index (χ3v) is 3.38. The summed E-state index contributed by atoms with van der Waals surface area (Å²) in [6, 6.07) is 8.52. The minimum atomic E-state index is 0. The molecule has 1 aromatic heterocycles. The van der Waals surface area contributed by atoms with Gasteiger partial charge in [-0.15, -0.1) is 12.4 Å². The zero-order chi connectivity index (χ0) is 11.7. The lowest BCUT2D eigenvalue weighted by molar-refractivity contribution is 0.793. The van der Waals surface area contributed by atoms with Gasteiger partial charge in [-0.1, -0.05) is 17.7 Å². The summed E-state index contributed by atoms with van der Waals surface area (Å²) in [7, 11) is 0. The molecule has 2 aromatic rings. The number of fused-ring (bicyclic) bond motifs is 1. The molecule has 0 amide bonds. The first-order chi connectivity index (χ1) is 8.33. The van der Waals surface area contributed by atoms with Crippen molar-refractivity contribution in [2.45, 2.75) is 12.5 Å². The molecule has 96 valence electrons. The highest BCUT2D eigenvalue weighted by atomic mass is 35.5. The van der Waals surface area contributed by atoms with E-state index in [1.54, 1.807) is 6.20 Å². The highest BCUT2D eigenvalue weighted by Crippen LogP contribution is 2.26. The summed E-state index contributed by atoms with van der Waals surface area (Å²) in [4.78, 5) is 4.28. The van der Waals surface area contributed by atoms with E-state index in [0.29, 0.717) is 11.1 Å². The van der Waals surface area contributed by atoms with Crippen LogP contribution in [0.3, 0.4) is 0 Å². The molecule has 2 N–H and O–H groups in total. The van der Waals surface area contributed by atoms with Crippen LogP contribution < -0.4 is 10.6 Å². The molecule has 18 heavy (non-hydrogen) atoms. The van der Waals surface area contributed by atoms with E-state index in [9.17, 15) is 0 Å². The van der Waals surface area contributed by atoms with E-state index in [2.05, 4.69) is 21.7 Å². The van der Waals surface area contributed by atoms with Crippen LogP contribution in [0.15, 0.2) is 30.5 Å². The maximum Gasteiger partial charge on any atom is 0.0889 e. The quantitative estimate of drug-likeness (QED) is 0.890. The average Bonchev–Trinajstić information content (AvgIpc) is 2.82. The van der Waals surface area contributed by atoms with Gasteiger partial charge in [-0.2, -0.15) is 0 Å². The zero-order valence-corrected chi connectivity index (χ0v) is 11.4. The molecule has 1 unspecified atom stereocenters. The van der Waals surface area contributed by atoms with Crippen molar-refractivity contribution in [3.8, 4) is 0 Å². The van der Waals surface area contributed by atoms with Gasteiger partial charge in [0.05, 0.1) is 10.5 Å². The Balaban J connectivity index is 0.00000120. The number of rotatable bonds is 2. The van der Waals surface area contributed by atoms with Crippen molar-refractivity contribution < 1.29 is 0 Å². The second-order valence-corrected chi connectivity index (χ2v) is 4.77. The second-order valence-electron chi connectivity index (χ2n) is 4.37. The van der Waals surface area contributed by atoms with Gasteiger partial charge < -0.3 is 10.6 Å². The molecule has 0 radical (unpaired) electrons. The number of anilines is 1. The topological polar surface area (TPSA) is 37.0 Å². The summed E-state index contributed by atoms with van der Waals surface area (Å²) in [5.41, 5.74) is 1.94. The monoisotopic (exact) mass is 283 g/mol. The van der Waals surface area contributed by atoms with Gasteiger partial charge in [0, 0.05) is 29.9 Å². The van der Waals surface area contributed by atoms with Gasteiger partial charge in [0.2, 0.25) is 0 Å². The summed E-state index contributed by atoms with van der Waals surface area (Å²) < 4.78 is 0. The van der Waals surface area contributed by atoms with Gasteiger partial charge in [-0.25, -0.2) is 0 Å². The van der Waals surface area contributed by atoms with E-state index in [0.717, 1.165) is 36.1 Å². The van der Waals surface area contributed by atoms with Crippen LogP contribution in [0, 0.1) is 0 Å². The molecule has 0 bridgehead atoms. The third kappa shape index (κ3) is 2.69. The Kier molecular flexibility index (Phi) is 4.27. The van der Waals surface area contributed by atoms with E-state index in [-0.39, 0.29) is 12.4 Å². The van der Waals surface area contributed by atoms with E-state index in [1.165, 1.54) is 0 Å². The van der Waals surface area contributed by atoms with Gasteiger partial charge >= 0.3 is 0 Å². The van der Waals surface area contributed by atoms with Crippen molar-refractivity contribution in [1.29, 1.82) is 0 Å². The maximum atomic E-state index is 6.23. The predicted molar refractivity (Wildman–Crippen MR) is 78.9 cm³/mol. The number of pyridine rings is 1. The minimum absolute atomic E-state index is 0. The molecule has 1 atom stereocenters. The predicted octanol–water partition coefficient (Wildman–Crippen LogP) is 3.08. The average molecular weight is 284 g/mol. The number of nitrogens with zero attached hydrogens (tertiary/aromatic N) is 1. The SMILES string of the molecule is Cl.Clc1cc(NC2CCNC2)cc2cccnc12. The molecule has 0 spiro atoms. The fourth-order valence-electron chi connectivity index (χ4n) is 2.24. The zero-order valence-electron chi connectivity index (χ0n) is 9.82. The second kappa shape index (κ2) is 5.74. The Hall–Kier alpha value is -1.03. The van der Waals surface area contributed by atoms with Crippen molar-refractivity contribution in [1.82, 2.24) is 10.3 Å². The van der Waals surface area contributed by atoms with Crippen LogP contribution in [0.1, 0.15) is 6.42 Å². The van der Waals surface area contributed by atoms with E-state index in [1.807, 2.05) is 18.2 Å². The fourth-order valence-corrected chi connectivity index (χ4v) is 2.52. The number of halogens is 2. The van der Waals surface area contributed by atoms with Crippen molar-refractivity contribution in [3.63, 3.8) is 0 Å². The molecule has 3 nitrogen and oxygen atoms in total. The molecular formula is C13H15Cl2N3. The standard InChI is InChI=1S/C13H14ClN3.ClH/c14-12-7-11(17-10-3-5-15-8-10)6-9-2-1-4-16-13(9)12;/h1-2,4,6-7,10,15,17H,3,5,8H2;1H. The summed E-state index contributed by atoms with van der Waals surface area (Å²) in [6.45, 7) is 2.10. The molecule has 1 aliphatic heterocycles. The van der Waals surface area contributed by atoms with Crippen LogP contribution in [0.25, 0.3) is 10.9 Å². The summed E-state index contributed by atoms with van der Waals surface area (Å²) in [6.07, 6.45) is 2.92. The van der Waals surface area contributed by atoms with Crippen molar-refractivity contribution in [3.05, 3.63) is 35.5 Å². The molecule has 1 saturated heterocycles. The van der Waals surface area contributed by atoms with Crippen LogP contribution in [-0.2, 0) is 0 Å². The van der Waals surface area contributed by atoms with Crippen LogP contribution in [0.4, 0.5) is 5.69 Å². The minimum Gasteiger partial charge on any atom is -0.381 e. The largest absolute Gasteiger partial charge is 0.381 e. The number of hydrogen-bond acceptors (Lipinski definition) is 3. The van der Waals surface area contributed by atoms with Crippen LogP contribution in [0.5, 0.6) is 0 Å². The highest BCUT2D eigenvalue weighted by Gasteiger charge is 2.14. The van der Waals surface area contributed by atoms with Crippen molar-refractivity contribution in [2.75, 3.05) is 18.4 Å². The van der Waals surface area contributed by atoms with Gasteiger partial charge in [-0.3, -0.25) is 4.98 Å². The van der Waals surface area contributed by atoms with E-state index in [4.69, 9.17) is 11.6 Å². The summed E-state index contributed by atoms with van der Waals surface area (Å²) >= 11 is 6.23. The number of hydrogen-bond donors (Lipinski definition) is 2. The lowest BCUT2D eigenvalue weighted by Gasteiger charge is -2.14. The number of nitrogens with one attached hydrogen (secondary N) is 2. The van der Waals surface area contributed by atoms with Crippen LogP contribution in [0.2, 0.25) is 5.02 Å². The smallest absolute Gasteiger partial charge is 0.0889 e. The summed E-state index contributed by atoms with van der Waals surface area (Å²) in [5, 5.41) is 8.62. The first-order valence-corrected chi connectivity index (χ1v) is 6.22. The lowest BCUT2D eigenvalue weighted by atomic mass is 10.1. The Morgan fingerprint density at radius 1 is 1.39 bits per heavy atom. The van der Waals surface area contributed by atoms with Crippen LogP contribution in [-0.4, -0.2) is 24.1 Å². The first kappa shape index (κ1) is 13.4. The first-order valence-electron chi connectivity index (χ1n) is 5.84. The van der Waals surface area contributed by atoms with Gasteiger partial charge in [0.25, 0.3) is 0 Å². The Labute approximate surface area is 117 Å². The molecule has 1 aliphatic rings. The highest BCUT2D eigenvalue weighted by molar-refractivity contribution is 6.35. The Morgan fingerprint density at radius 2 is 2.28 bits per heavy atom. The fraction of sp³-hybridized carbons (Fsp3) is 0.308. The van der Waals surface area contributed by atoms with Gasteiger partial charge in [-0.05, 0) is 31.2 Å². The molecule has 5 heteroatoms. The number of aromatic nitrogens is 1. The van der Waals surface area contributed by atoms with Crippen LogP contribution >= 0.6 is 24.0 Å². The number of benzene rings is 1. The summed E-state index contributed by atoms with van der Waals surface area (Å²) in [5.74, 6) is 0. The molecule has 0 aliphatic carbocycles. The molecular weight excluding hydrogens is 269 g/mol. The third-order valence-electron chi connectivity index (χ3n) is 3.09. The molecule has 3 rings (SSSR count). The van der Waals surface area contributed by atoms with Crippen molar-refractivity contribution in [2.24, 2.45) is 0 Å². The van der Waals surface area contributed by atoms with Gasteiger partial charge in [0.15, 0.2) is 0 Å². The molecule has 0 saturated carbocycles. The molecule has 1 fully saturated rings. The maximum absolute atomic E-state index is 6.23. The Bertz CT molecular complexity index is 539. The lowest BCUT2D eigenvalue weighted by Crippen LogP contribution is -2.21. The molecule has 2 heterocycles. The molecule has 1 aromatic carbocycles. The van der Waals surface area contributed by atoms with Gasteiger partial charge in [0.1, 0.15) is 0 Å². The van der Waals surface area contributed by atoms with E-state index >= 15 is 0 Å².